The summed E-state index contributed by atoms with van der Waals surface area (Å²) < 4.78 is 5.12. The number of anilines is 1. The number of hydrogen-bond donors (Lipinski definition) is 1. The van der Waals surface area contributed by atoms with Gasteiger partial charge in [-0.3, -0.25) is 0 Å². The predicted molar refractivity (Wildman–Crippen MR) is 90.6 cm³/mol. The summed E-state index contributed by atoms with van der Waals surface area (Å²) in [7, 11) is 0. The Morgan fingerprint density at radius 2 is 2.09 bits per heavy atom. The first-order chi connectivity index (χ1) is 11.1. The quantitative estimate of drug-likeness (QED) is 0.864. The number of benzene rings is 1. The summed E-state index contributed by atoms with van der Waals surface area (Å²) in [6, 6.07) is 5.30. The van der Waals surface area contributed by atoms with E-state index in [4.69, 9.17) is 4.74 Å². The van der Waals surface area contributed by atoms with Gasteiger partial charge in [-0.05, 0) is 50.7 Å². The minimum Gasteiger partial charge on any atom is -0.464 e. The molecule has 1 N–H and O–H groups in total. The topological polar surface area (TPSA) is 58.6 Å². The molecule has 0 radical (unpaired) electrons. The minimum absolute atomic E-state index is 0.216. The van der Waals surface area contributed by atoms with Crippen LogP contribution in [0.1, 0.15) is 44.2 Å². The highest BCUT2D eigenvalue weighted by Gasteiger charge is 2.33. The Morgan fingerprint density at radius 3 is 2.78 bits per heavy atom. The third-order valence-electron chi connectivity index (χ3n) is 4.29. The van der Waals surface area contributed by atoms with Gasteiger partial charge in [0.05, 0.1) is 6.61 Å². The highest BCUT2D eigenvalue weighted by molar-refractivity contribution is 5.94. The summed E-state index contributed by atoms with van der Waals surface area (Å²) in [6.45, 7) is 6.75. The molecule has 0 aliphatic carbocycles. The fourth-order valence-electron chi connectivity index (χ4n) is 3.04. The van der Waals surface area contributed by atoms with E-state index in [1.165, 1.54) is 0 Å². The zero-order valence-electron chi connectivity index (χ0n) is 14.2. The van der Waals surface area contributed by atoms with E-state index >= 15 is 0 Å². The summed E-state index contributed by atoms with van der Waals surface area (Å²) in [4.78, 5) is 26.4. The largest absolute Gasteiger partial charge is 0.464 e. The number of hydrogen-bond acceptors (Lipinski definition) is 3. The smallest absolute Gasteiger partial charge is 0.328 e. The van der Waals surface area contributed by atoms with Crippen molar-refractivity contribution in [3.05, 3.63) is 29.3 Å². The van der Waals surface area contributed by atoms with E-state index in [0.29, 0.717) is 19.6 Å². The summed E-state index contributed by atoms with van der Waals surface area (Å²) >= 11 is 0. The molecule has 1 aromatic rings. The molecule has 1 aromatic carbocycles. The van der Waals surface area contributed by atoms with E-state index in [2.05, 4.69) is 12.2 Å². The second kappa shape index (κ2) is 7.99. The lowest BCUT2D eigenvalue weighted by atomic mass is 10.0. The van der Waals surface area contributed by atoms with Gasteiger partial charge in [-0.1, -0.05) is 25.1 Å². The summed E-state index contributed by atoms with van der Waals surface area (Å²) in [6.07, 6.45) is 3.37. The Hall–Kier alpha value is -2.04. The number of nitrogens with one attached hydrogen (secondary N) is 1. The van der Waals surface area contributed by atoms with E-state index in [0.717, 1.165) is 36.1 Å². The van der Waals surface area contributed by atoms with Gasteiger partial charge >= 0.3 is 12.0 Å². The van der Waals surface area contributed by atoms with Crippen LogP contribution in [-0.2, 0) is 16.0 Å². The maximum absolute atomic E-state index is 12.7. The molecule has 0 aromatic heterocycles. The third-order valence-corrected chi connectivity index (χ3v) is 4.29. The number of ether oxygens (including phenoxy) is 1. The van der Waals surface area contributed by atoms with Gasteiger partial charge in [-0.25, -0.2) is 9.59 Å². The number of esters is 1. The van der Waals surface area contributed by atoms with Crippen LogP contribution in [0.3, 0.4) is 0 Å². The number of amides is 2. The van der Waals surface area contributed by atoms with Crippen LogP contribution in [-0.4, -0.2) is 36.1 Å². The van der Waals surface area contributed by atoms with E-state index in [1.54, 1.807) is 11.8 Å². The van der Waals surface area contributed by atoms with Gasteiger partial charge in [0.2, 0.25) is 0 Å². The zero-order chi connectivity index (χ0) is 16.8. The van der Waals surface area contributed by atoms with Crippen molar-refractivity contribution in [2.75, 3.05) is 18.5 Å². The molecular weight excluding hydrogens is 292 g/mol. The van der Waals surface area contributed by atoms with Crippen molar-refractivity contribution < 1.29 is 14.3 Å². The third kappa shape index (κ3) is 4.03. The number of piperidine rings is 1. The maximum Gasteiger partial charge on any atom is 0.328 e. The van der Waals surface area contributed by atoms with Crippen LogP contribution in [0.2, 0.25) is 0 Å². The van der Waals surface area contributed by atoms with Gasteiger partial charge in [-0.15, -0.1) is 0 Å². The van der Waals surface area contributed by atoms with Crippen molar-refractivity contribution in [2.45, 2.75) is 52.5 Å². The number of para-hydroxylation sites is 1. The fourth-order valence-corrected chi connectivity index (χ4v) is 3.04. The Balaban J connectivity index is 2.16. The lowest BCUT2D eigenvalue weighted by Crippen LogP contribution is -2.50. The molecule has 126 valence electrons. The van der Waals surface area contributed by atoms with Crippen LogP contribution in [0.25, 0.3) is 0 Å². The SMILES string of the molecule is CCOC(=O)C1CCCCN1C(=O)Nc1c(C)cccc1CC. The zero-order valence-corrected chi connectivity index (χ0v) is 14.2. The number of urea groups is 1. The monoisotopic (exact) mass is 318 g/mol. The van der Waals surface area contributed by atoms with Crippen molar-refractivity contribution >= 4 is 17.7 Å². The van der Waals surface area contributed by atoms with Crippen molar-refractivity contribution in [2.24, 2.45) is 0 Å². The molecule has 1 saturated heterocycles. The minimum atomic E-state index is -0.474. The fraction of sp³-hybridized carbons (Fsp3) is 0.556. The Labute approximate surface area is 138 Å². The van der Waals surface area contributed by atoms with Crippen LogP contribution >= 0.6 is 0 Å². The number of aryl methyl sites for hydroxylation is 2. The molecule has 0 bridgehead atoms. The van der Waals surface area contributed by atoms with Gasteiger partial charge in [0.1, 0.15) is 6.04 Å². The van der Waals surface area contributed by atoms with Gasteiger partial charge in [0, 0.05) is 12.2 Å². The average molecular weight is 318 g/mol. The van der Waals surface area contributed by atoms with Crippen molar-refractivity contribution in [1.29, 1.82) is 0 Å². The van der Waals surface area contributed by atoms with Crippen LogP contribution in [0.15, 0.2) is 18.2 Å². The Bertz CT molecular complexity index is 571. The van der Waals surface area contributed by atoms with Gasteiger partial charge < -0.3 is 15.0 Å². The predicted octanol–water partition coefficient (Wildman–Crippen LogP) is 3.51. The van der Waals surface area contributed by atoms with Crippen LogP contribution in [0, 0.1) is 6.92 Å². The highest BCUT2D eigenvalue weighted by atomic mass is 16.5. The Kier molecular flexibility index (Phi) is 6.02. The summed E-state index contributed by atoms with van der Waals surface area (Å²) in [5.41, 5.74) is 2.98. The molecule has 1 aliphatic rings. The number of carbonyl (C=O) groups is 2. The van der Waals surface area contributed by atoms with Crippen molar-refractivity contribution in [1.82, 2.24) is 4.90 Å². The molecule has 5 heteroatoms. The van der Waals surface area contributed by atoms with Gasteiger partial charge in [0.25, 0.3) is 0 Å². The Morgan fingerprint density at radius 1 is 1.30 bits per heavy atom. The lowest BCUT2D eigenvalue weighted by Gasteiger charge is -2.34. The van der Waals surface area contributed by atoms with Crippen molar-refractivity contribution in [3.8, 4) is 0 Å². The first-order valence-corrected chi connectivity index (χ1v) is 8.41. The van der Waals surface area contributed by atoms with Gasteiger partial charge in [-0.2, -0.15) is 0 Å². The molecule has 5 nitrogen and oxygen atoms in total. The molecule has 1 aliphatic heterocycles. The van der Waals surface area contributed by atoms with Gasteiger partial charge in [0.15, 0.2) is 0 Å². The molecule has 2 amide bonds. The van der Waals surface area contributed by atoms with Crippen LogP contribution in [0.5, 0.6) is 0 Å². The molecule has 1 heterocycles. The number of carbonyl (C=O) groups excluding carboxylic acids is 2. The van der Waals surface area contributed by atoms with E-state index < -0.39 is 6.04 Å². The molecular formula is C18H26N2O3. The van der Waals surface area contributed by atoms with Crippen LogP contribution in [0.4, 0.5) is 10.5 Å². The molecule has 1 fully saturated rings. The molecule has 0 saturated carbocycles. The average Bonchev–Trinajstić information content (AvgIpc) is 2.56. The summed E-state index contributed by atoms with van der Waals surface area (Å²) in [5, 5.41) is 3.01. The van der Waals surface area contributed by atoms with Crippen molar-refractivity contribution in [3.63, 3.8) is 0 Å². The summed E-state index contributed by atoms with van der Waals surface area (Å²) in [5.74, 6) is -0.303. The molecule has 1 unspecified atom stereocenters. The van der Waals surface area contributed by atoms with E-state index in [-0.39, 0.29) is 12.0 Å². The first-order valence-electron chi connectivity index (χ1n) is 8.41. The number of likely N-dealkylation sites (tertiary alicyclic amines) is 1. The van der Waals surface area contributed by atoms with Crippen LogP contribution < -0.4 is 5.32 Å². The first kappa shape index (κ1) is 17.3. The van der Waals surface area contributed by atoms with E-state index in [1.807, 2.05) is 25.1 Å². The van der Waals surface area contributed by atoms with E-state index in [9.17, 15) is 9.59 Å². The number of nitrogens with zero attached hydrogens (tertiary/aromatic N) is 1. The number of rotatable bonds is 4. The molecule has 1 atom stereocenters. The molecule has 0 spiro atoms. The maximum atomic E-state index is 12.7. The highest BCUT2D eigenvalue weighted by Crippen LogP contribution is 2.24. The second-order valence-corrected chi connectivity index (χ2v) is 5.85. The normalized spacial score (nSPS) is 17.7. The standard InChI is InChI=1S/C18H26N2O3/c1-4-14-10-8-9-13(3)16(14)19-18(22)20-12-7-6-11-15(20)17(21)23-5-2/h8-10,15H,4-7,11-12H2,1-3H3,(H,19,22). The lowest BCUT2D eigenvalue weighted by molar-refractivity contribution is -0.149. The molecule has 2 rings (SSSR count). The molecule has 23 heavy (non-hydrogen) atoms. The second-order valence-electron chi connectivity index (χ2n) is 5.85.